The quantitative estimate of drug-likeness (QED) is 0.489. The zero-order valence-corrected chi connectivity index (χ0v) is 9.40. The maximum Gasteiger partial charge on any atom is 0.471 e. The lowest BCUT2D eigenvalue weighted by Crippen LogP contribution is -2.52. The van der Waals surface area contributed by atoms with E-state index in [4.69, 9.17) is 5.26 Å². The Morgan fingerprint density at radius 2 is 2.06 bits per heavy atom. The molecule has 0 fully saturated rings. The number of amides is 1. The van der Waals surface area contributed by atoms with Crippen LogP contribution in [0.1, 0.15) is 0 Å². The zero-order valence-electron chi connectivity index (χ0n) is 7.81. The predicted molar refractivity (Wildman–Crippen MR) is 51.5 cm³/mol. The molecule has 1 N–H and O–H groups in total. The second-order valence-corrected chi connectivity index (χ2v) is 3.37. The minimum atomic E-state index is -5.15. The smallest absolute Gasteiger partial charge is 0.325 e. The number of carbonyl (C=O) groups excluding carboxylic acids is 1. The summed E-state index contributed by atoms with van der Waals surface area (Å²) in [6.45, 7) is -1.45. The molecule has 1 atom stereocenters. The van der Waals surface area contributed by atoms with Crippen molar-refractivity contribution in [1.82, 2.24) is 5.32 Å². The summed E-state index contributed by atoms with van der Waals surface area (Å²) in [6, 6.07) is 1.29. The molecule has 0 aromatic rings. The number of nitrogens with one attached hydrogen (secondary N) is 1. The van der Waals surface area contributed by atoms with Crippen LogP contribution in [0.4, 0.5) is 17.6 Å². The fraction of sp³-hybridized carbons (Fsp3) is 0.500. The van der Waals surface area contributed by atoms with Gasteiger partial charge in [0, 0.05) is 5.33 Å². The van der Waals surface area contributed by atoms with Crippen molar-refractivity contribution in [3.05, 3.63) is 12.2 Å². The van der Waals surface area contributed by atoms with Crippen molar-refractivity contribution >= 4 is 21.8 Å². The molecule has 0 aromatic carbocycles. The number of nitrogens with zero attached hydrogens (tertiary/aromatic N) is 1. The number of hydrogen-bond acceptors (Lipinski definition) is 2. The molecule has 0 aliphatic heterocycles. The van der Waals surface area contributed by atoms with Gasteiger partial charge in [0.15, 0.2) is 5.54 Å². The van der Waals surface area contributed by atoms with Gasteiger partial charge < -0.3 is 5.32 Å². The van der Waals surface area contributed by atoms with Gasteiger partial charge in [0.2, 0.25) is 0 Å². The molecule has 0 saturated heterocycles. The highest BCUT2D eigenvalue weighted by Crippen LogP contribution is 2.17. The fourth-order valence-electron chi connectivity index (χ4n) is 0.734. The van der Waals surface area contributed by atoms with E-state index in [1.165, 1.54) is 17.5 Å². The first-order chi connectivity index (χ1) is 7.31. The molecular formula is C8H7BrF4N2O. The largest absolute Gasteiger partial charge is 0.471 e. The molecular weight excluding hydrogens is 296 g/mol. The normalized spacial score (nSPS) is 15.5. The maximum absolute atomic E-state index is 12.5. The van der Waals surface area contributed by atoms with Gasteiger partial charge in [-0.05, 0) is 6.08 Å². The molecule has 8 heteroatoms. The number of alkyl halides is 5. The second-order valence-electron chi connectivity index (χ2n) is 2.73. The van der Waals surface area contributed by atoms with E-state index in [0.717, 1.165) is 6.08 Å². The van der Waals surface area contributed by atoms with E-state index in [1.54, 1.807) is 0 Å². The van der Waals surface area contributed by atoms with Gasteiger partial charge in [-0.15, -0.1) is 0 Å². The van der Waals surface area contributed by atoms with Gasteiger partial charge in [-0.2, -0.15) is 18.4 Å². The van der Waals surface area contributed by atoms with Crippen LogP contribution in [0, 0.1) is 11.3 Å². The van der Waals surface area contributed by atoms with Gasteiger partial charge in [0.05, 0.1) is 6.07 Å². The molecule has 3 nitrogen and oxygen atoms in total. The van der Waals surface area contributed by atoms with Crippen LogP contribution in [-0.2, 0) is 4.79 Å². The lowest BCUT2D eigenvalue weighted by molar-refractivity contribution is -0.174. The second kappa shape index (κ2) is 5.84. The summed E-state index contributed by atoms with van der Waals surface area (Å²) in [4.78, 5) is 10.6. The molecule has 0 spiro atoms. The van der Waals surface area contributed by atoms with Gasteiger partial charge >= 0.3 is 12.1 Å². The molecule has 0 aromatic heterocycles. The Morgan fingerprint density at radius 3 is 2.38 bits per heavy atom. The van der Waals surface area contributed by atoms with Crippen LogP contribution in [0.25, 0.3) is 0 Å². The molecule has 0 radical (unpaired) electrons. The highest BCUT2D eigenvalue weighted by Gasteiger charge is 2.43. The van der Waals surface area contributed by atoms with Crippen molar-refractivity contribution in [2.24, 2.45) is 0 Å². The number of carbonyl (C=O) groups is 1. The Labute approximate surface area is 97.2 Å². The standard InChI is InChI=1S/C8H7BrF4N2O/c9-3-1-2-7(4-10,5-14)15-6(16)8(11,12)13/h1-2H,3-4H2,(H,15,16). The monoisotopic (exact) mass is 302 g/mol. The molecule has 0 aliphatic carbocycles. The highest BCUT2D eigenvalue weighted by atomic mass is 79.9. The summed E-state index contributed by atoms with van der Waals surface area (Å²) in [5.41, 5.74) is -2.28. The molecule has 0 rings (SSSR count). The lowest BCUT2D eigenvalue weighted by Gasteiger charge is -2.21. The number of halogens is 5. The van der Waals surface area contributed by atoms with Crippen LogP contribution < -0.4 is 5.32 Å². The Morgan fingerprint density at radius 1 is 1.50 bits per heavy atom. The van der Waals surface area contributed by atoms with Crippen molar-refractivity contribution in [2.45, 2.75) is 11.7 Å². The summed E-state index contributed by atoms with van der Waals surface area (Å²) in [5.74, 6) is -2.36. The van der Waals surface area contributed by atoms with Crippen LogP contribution in [0.2, 0.25) is 0 Å². The molecule has 0 heterocycles. The third-order valence-corrected chi connectivity index (χ3v) is 1.87. The van der Waals surface area contributed by atoms with Gasteiger partial charge in [0.1, 0.15) is 6.67 Å². The Balaban J connectivity index is 4.90. The van der Waals surface area contributed by atoms with Crippen molar-refractivity contribution in [1.29, 1.82) is 5.26 Å². The minimum Gasteiger partial charge on any atom is -0.325 e. The van der Waals surface area contributed by atoms with Crippen molar-refractivity contribution in [3.63, 3.8) is 0 Å². The van der Waals surface area contributed by atoms with Gasteiger partial charge in [0.25, 0.3) is 0 Å². The molecule has 0 bridgehead atoms. The van der Waals surface area contributed by atoms with E-state index in [2.05, 4.69) is 15.9 Å². The Hall–Kier alpha value is -1.10. The number of rotatable bonds is 4. The molecule has 0 aliphatic rings. The van der Waals surface area contributed by atoms with Crippen molar-refractivity contribution in [2.75, 3.05) is 12.0 Å². The average molecular weight is 303 g/mol. The number of hydrogen-bond donors (Lipinski definition) is 1. The van der Waals surface area contributed by atoms with Crippen LogP contribution in [0.15, 0.2) is 12.2 Å². The zero-order chi connectivity index (χ0) is 12.8. The van der Waals surface area contributed by atoms with Gasteiger partial charge in [-0.25, -0.2) is 4.39 Å². The van der Waals surface area contributed by atoms with Crippen molar-refractivity contribution in [3.8, 4) is 6.07 Å². The molecule has 1 unspecified atom stereocenters. The third-order valence-electron chi connectivity index (χ3n) is 1.50. The molecule has 1 amide bonds. The van der Waals surface area contributed by atoms with Crippen LogP contribution in [-0.4, -0.2) is 29.6 Å². The average Bonchev–Trinajstić information content (AvgIpc) is 2.22. The summed E-state index contributed by atoms with van der Waals surface area (Å²) >= 11 is 2.91. The predicted octanol–water partition coefficient (Wildman–Crippen LogP) is 1.85. The summed E-state index contributed by atoms with van der Waals surface area (Å²) in [6.07, 6.45) is -3.07. The minimum absolute atomic E-state index is 0.221. The number of nitriles is 1. The summed E-state index contributed by atoms with van der Waals surface area (Å²) in [7, 11) is 0. The van der Waals surface area contributed by atoms with Crippen LogP contribution >= 0.6 is 15.9 Å². The van der Waals surface area contributed by atoms with E-state index >= 15 is 0 Å². The summed E-state index contributed by atoms with van der Waals surface area (Å²) in [5, 5.41) is 10.1. The van der Waals surface area contributed by atoms with Crippen LogP contribution in [0.3, 0.4) is 0 Å². The van der Waals surface area contributed by atoms with E-state index in [1.807, 2.05) is 0 Å². The summed E-state index contributed by atoms with van der Waals surface area (Å²) < 4.78 is 48.2. The maximum atomic E-state index is 12.5. The van der Waals surface area contributed by atoms with Gasteiger partial charge in [-0.1, -0.05) is 22.0 Å². The van der Waals surface area contributed by atoms with E-state index < -0.39 is 24.3 Å². The first kappa shape index (κ1) is 14.9. The first-order valence-corrected chi connectivity index (χ1v) is 5.03. The topological polar surface area (TPSA) is 52.9 Å². The molecule has 90 valence electrons. The molecule has 16 heavy (non-hydrogen) atoms. The first-order valence-electron chi connectivity index (χ1n) is 3.91. The lowest BCUT2D eigenvalue weighted by atomic mass is 10.0. The van der Waals surface area contributed by atoms with E-state index in [-0.39, 0.29) is 5.33 Å². The van der Waals surface area contributed by atoms with Crippen LogP contribution in [0.5, 0.6) is 0 Å². The SMILES string of the molecule is N#CC(C=CCBr)(CF)NC(=O)C(F)(F)F. The van der Waals surface area contributed by atoms with Gasteiger partial charge in [-0.3, -0.25) is 4.79 Å². The number of allylic oxidation sites excluding steroid dienone is 1. The highest BCUT2D eigenvalue weighted by molar-refractivity contribution is 9.09. The molecule has 0 saturated carbocycles. The Bertz CT molecular complexity index is 323. The van der Waals surface area contributed by atoms with Crippen molar-refractivity contribution < 1.29 is 22.4 Å². The van der Waals surface area contributed by atoms with E-state index in [9.17, 15) is 22.4 Å². The fourth-order valence-corrected chi connectivity index (χ4v) is 0.921. The van der Waals surface area contributed by atoms with E-state index in [0.29, 0.717) is 0 Å². The Kier molecular flexibility index (Phi) is 5.44. The third kappa shape index (κ3) is 4.18.